The van der Waals surface area contributed by atoms with Gasteiger partial charge in [-0.25, -0.2) is 0 Å². The van der Waals surface area contributed by atoms with Gasteiger partial charge in [0.1, 0.15) is 5.75 Å². The minimum absolute atomic E-state index is 0.146. The van der Waals surface area contributed by atoms with E-state index in [1.165, 1.54) is 16.9 Å². The maximum atomic E-state index is 6.65. The lowest BCUT2D eigenvalue weighted by molar-refractivity contribution is 0.0582. The molecule has 1 unspecified atom stereocenters. The maximum Gasteiger partial charge on any atom is 0.211 e. The largest absolute Gasteiger partial charge is 0.463 e. The first-order valence-corrected chi connectivity index (χ1v) is 8.40. The van der Waals surface area contributed by atoms with Gasteiger partial charge in [-0.05, 0) is 55.8 Å². The Morgan fingerprint density at radius 2 is 1.79 bits per heavy atom. The molecule has 0 bridgehead atoms. The molecular weight excluding hydrogens is 296 g/mol. The van der Waals surface area contributed by atoms with Gasteiger partial charge in [0.25, 0.3) is 0 Å². The van der Waals surface area contributed by atoms with Crippen molar-refractivity contribution in [2.24, 2.45) is 0 Å². The number of anilines is 2. The van der Waals surface area contributed by atoms with Crippen molar-refractivity contribution in [1.29, 1.82) is 0 Å². The SMILES string of the molecule is CN(C)c1ccc2c(c1)C=CC1(O2)N(C)c2ccccc2C1(C)C. The van der Waals surface area contributed by atoms with Crippen molar-refractivity contribution in [3.63, 3.8) is 0 Å². The van der Waals surface area contributed by atoms with Gasteiger partial charge in [0.15, 0.2) is 0 Å². The van der Waals surface area contributed by atoms with Crippen LogP contribution in [-0.4, -0.2) is 26.9 Å². The summed E-state index contributed by atoms with van der Waals surface area (Å²) in [4.78, 5) is 4.38. The number of para-hydroxylation sites is 1. The number of hydrogen-bond donors (Lipinski definition) is 0. The summed E-state index contributed by atoms with van der Waals surface area (Å²) >= 11 is 0. The molecule has 0 aromatic heterocycles. The van der Waals surface area contributed by atoms with E-state index in [1.807, 2.05) is 0 Å². The Hall–Kier alpha value is -2.42. The van der Waals surface area contributed by atoms with E-state index in [1.54, 1.807) is 0 Å². The molecule has 2 heterocycles. The highest BCUT2D eigenvalue weighted by molar-refractivity contribution is 5.73. The Bertz CT molecular complexity index is 837. The van der Waals surface area contributed by atoms with Crippen LogP contribution in [0.1, 0.15) is 25.0 Å². The molecule has 0 saturated heterocycles. The summed E-state index contributed by atoms with van der Waals surface area (Å²) in [5, 5.41) is 0. The molecule has 0 fully saturated rings. The minimum Gasteiger partial charge on any atom is -0.463 e. The van der Waals surface area contributed by atoms with E-state index in [4.69, 9.17) is 4.74 Å². The van der Waals surface area contributed by atoms with Gasteiger partial charge in [-0.15, -0.1) is 0 Å². The van der Waals surface area contributed by atoms with Crippen LogP contribution >= 0.6 is 0 Å². The molecule has 124 valence electrons. The number of likely N-dealkylation sites (N-methyl/N-ethyl adjacent to an activating group) is 1. The molecule has 2 aliphatic rings. The zero-order chi connectivity index (χ0) is 17.1. The van der Waals surface area contributed by atoms with Gasteiger partial charge in [0, 0.05) is 38.1 Å². The van der Waals surface area contributed by atoms with Crippen LogP contribution in [0.25, 0.3) is 6.08 Å². The third-order valence-corrected chi connectivity index (χ3v) is 5.60. The van der Waals surface area contributed by atoms with Gasteiger partial charge >= 0.3 is 0 Å². The number of hydrogen-bond acceptors (Lipinski definition) is 3. The maximum absolute atomic E-state index is 6.65. The summed E-state index contributed by atoms with van der Waals surface area (Å²) in [5.74, 6) is 0.941. The van der Waals surface area contributed by atoms with E-state index in [2.05, 4.69) is 99.4 Å². The molecule has 2 aromatic carbocycles. The lowest BCUT2D eigenvalue weighted by Gasteiger charge is -2.45. The Labute approximate surface area is 144 Å². The van der Waals surface area contributed by atoms with Crippen LogP contribution in [0.2, 0.25) is 0 Å². The third-order valence-electron chi connectivity index (χ3n) is 5.60. The van der Waals surface area contributed by atoms with Crippen molar-refractivity contribution in [2.75, 3.05) is 30.9 Å². The number of benzene rings is 2. The van der Waals surface area contributed by atoms with Gasteiger partial charge in [-0.1, -0.05) is 18.2 Å². The molecule has 0 amide bonds. The van der Waals surface area contributed by atoms with Crippen molar-refractivity contribution in [2.45, 2.75) is 25.0 Å². The quantitative estimate of drug-likeness (QED) is 0.780. The molecule has 1 spiro atoms. The van der Waals surface area contributed by atoms with Crippen LogP contribution in [0.15, 0.2) is 48.5 Å². The van der Waals surface area contributed by atoms with E-state index < -0.39 is 5.72 Å². The summed E-state index contributed by atoms with van der Waals surface area (Å²) in [7, 11) is 6.24. The highest BCUT2D eigenvalue weighted by Gasteiger charge is 2.57. The predicted octanol–water partition coefficient (Wildman–Crippen LogP) is 4.28. The number of rotatable bonds is 1. The van der Waals surface area contributed by atoms with Crippen molar-refractivity contribution in [1.82, 2.24) is 0 Å². The fourth-order valence-electron chi connectivity index (χ4n) is 4.04. The van der Waals surface area contributed by atoms with E-state index in [0.29, 0.717) is 0 Å². The molecule has 0 aliphatic carbocycles. The molecule has 2 aliphatic heterocycles. The Kier molecular flexibility index (Phi) is 3.02. The van der Waals surface area contributed by atoms with Gasteiger partial charge in [-0.3, -0.25) is 0 Å². The fourth-order valence-corrected chi connectivity index (χ4v) is 4.04. The fraction of sp³-hybridized carbons (Fsp3) is 0.333. The second-order valence-corrected chi connectivity index (χ2v) is 7.45. The van der Waals surface area contributed by atoms with Gasteiger partial charge in [0.2, 0.25) is 5.72 Å². The van der Waals surface area contributed by atoms with E-state index >= 15 is 0 Å². The first-order chi connectivity index (χ1) is 11.4. The average molecular weight is 320 g/mol. The summed E-state index contributed by atoms with van der Waals surface area (Å²) in [6, 6.07) is 15.0. The summed E-state index contributed by atoms with van der Waals surface area (Å²) in [6.07, 6.45) is 4.42. The van der Waals surface area contributed by atoms with Crippen molar-refractivity contribution in [3.05, 3.63) is 59.7 Å². The molecule has 3 heteroatoms. The summed E-state index contributed by atoms with van der Waals surface area (Å²) in [6.45, 7) is 4.53. The van der Waals surface area contributed by atoms with E-state index in [0.717, 1.165) is 11.3 Å². The Morgan fingerprint density at radius 3 is 2.50 bits per heavy atom. The predicted molar refractivity (Wildman–Crippen MR) is 101 cm³/mol. The zero-order valence-corrected chi connectivity index (χ0v) is 15.0. The highest BCUT2D eigenvalue weighted by Crippen LogP contribution is 2.54. The molecule has 0 radical (unpaired) electrons. The zero-order valence-electron chi connectivity index (χ0n) is 15.0. The van der Waals surface area contributed by atoms with Crippen molar-refractivity contribution >= 4 is 17.5 Å². The van der Waals surface area contributed by atoms with Crippen LogP contribution in [0.3, 0.4) is 0 Å². The first-order valence-electron chi connectivity index (χ1n) is 8.40. The second-order valence-electron chi connectivity index (χ2n) is 7.45. The first kappa shape index (κ1) is 15.1. The minimum atomic E-state index is -0.497. The third kappa shape index (κ3) is 1.78. The standard InChI is InChI=1S/C21H24N2O/c1-20(2)17-8-6-7-9-18(17)23(5)21(20)13-12-15-14-16(22(3)4)10-11-19(15)24-21/h6-14H,1-5H3. The lowest BCUT2D eigenvalue weighted by Crippen LogP contribution is -2.58. The summed E-state index contributed by atoms with van der Waals surface area (Å²) < 4.78 is 6.65. The topological polar surface area (TPSA) is 15.7 Å². The molecule has 0 N–H and O–H groups in total. The van der Waals surface area contributed by atoms with Crippen molar-refractivity contribution in [3.8, 4) is 5.75 Å². The monoisotopic (exact) mass is 320 g/mol. The Balaban J connectivity index is 1.83. The van der Waals surface area contributed by atoms with Crippen LogP contribution < -0.4 is 14.5 Å². The molecule has 0 saturated carbocycles. The molecule has 3 nitrogen and oxygen atoms in total. The van der Waals surface area contributed by atoms with E-state index in [-0.39, 0.29) is 5.41 Å². The summed E-state index contributed by atoms with van der Waals surface area (Å²) in [5.41, 5.74) is 4.23. The molecule has 2 aromatic rings. The van der Waals surface area contributed by atoms with Crippen LogP contribution in [0.4, 0.5) is 11.4 Å². The molecular formula is C21H24N2O. The Morgan fingerprint density at radius 1 is 1.04 bits per heavy atom. The number of nitrogens with zero attached hydrogens (tertiary/aromatic N) is 2. The number of fused-ring (bicyclic) bond motifs is 2. The lowest BCUT2D eigenvalue weighted by atomic mass is 9.76. The van der Waals surface area contributed by atoms with Crippen molar-refractivity contribution < 1.29 is 4.74 Å². The number of ether oxygens (including phenoxy) is 1. The molecule has 1 atom stereocenters. The van der Waals surface area contributed by atoms with Crippen LogP contribution in [0.5, 0.6) is 5.75 Å². The highest BCUT2D eigenvalue weighted by atomic mass is 16.5. The van der Waals surface area contributed by atoms with Gasteiger partial charge in [-0.2, -0.15) is 0 Å². The van der Waals surface area contributed by atoms with Crippen LogP contribution in [0, 0.1) is 0 Å². The molecule has 24 heavy (non-hydrogen) atoms. The van der Waals surface area contributed by atoms with Gasteiger partial charge < -0.3 is 14.5 Å². The normalized spacial score (nSPS) is 23.0. The average Bonchev–Trinajstić information content (AvgIpc) is 2.74. The van der Waals surface area contributed by atoms with Gasteiger partial charge in [0.05, 0.1) is 5.41 Å². The van der Waals surface area contributed by atoms with Crippen LogP contribution in [-0.2, 0) is 5.41 Å². The van der Waals surface area contributed by atoms with E-state index in [9.17, 15) is 0 Å². The second kappa shape index (κ2) is 4.79. The smallest absolute Gasteiger partial charge is 0.211 e. The molecule has 4 rings (SSSR count).